The van der Waals surface area contributed by atoms with Crippen molar-refractivity contribution < 1.29 is 13.2 Å². The van der Waals surface area contributed by atoms with E-state index in [-0.39, 0.29) is 28.5 Å². The molecule has 6 nitrogen and oxygen atoms in total. The Morgan fingerprint density at radius 1 is 1.38 bits per heavy atom. The molecule has 0 aromatic carbocycles. The van der Waals surface area contributed by atoms with Gasteiger partial charge in [0.15, 0.2) is 9.84 Å². The average molecular weight is 310 g/mol. The fourth-order valence-corrected chi connectivity index (χ4v) is 4.91. The molecule has 0 spiro atoms. The highest BCUT2D eigenvalue weighted by atomic mass is 32.2. The molecule has 1 atom stereocenters. The minimum atomic E-state index is -2.94. The van der Waals surface area contributed by atoms with E-state index < -0.39 is 15.7 Å². The van der Waals surface area contributed by atoms with Crippen molar-refractivity contribution >= 4 is 15.7 Å². The molecule has 2 aliphatic rings. The van der Waals surface area contributed by atoms with Gasteiger partial charge in [-0.15, -0.1) is 0 Å². The second kappa shape index (κ2) is 5.29. The maximum atomic E-state index is 12.1. The van der Waals surface area contributed by atoms with Crippen LogP contribution in [0.3, 0.4) is 0 Å². The maximum absolute atomic E-state index is 12.1. The van der Waals surface area contributed by atoms with Gasteiger partial charge in [-0.1, -0.05) is 0 Å². The number of H-pyrrole nitrogens is 1. The molecular weight excluding hydrogens is 292 g/mol. The fraction of sp³-hybridized carbons (Fsp3) is 0.571. The monoisotopic (exact) mass is 310 g/mol. The summed E-state index contributed by atoms with van der Waals surface area (Å²) in [5.41, 5.74) is 1.71. The molecule has 0 radical (unpaired) electrons. The van der Waals surface area contributed by atoms with Crippen LogP contribution in [0.15, 0.2) is 10.9 Å². The summed E-state index contributed by atoms with van der Waals surface area (Å²) in [6, 6.07) is 1.67. The van der Waals surface area contributed by atoms with Crippen LogP contribution in [0.2, 0.25) is 0 Å². The molecular formula is C14H18N2O4S. The van der Waals surface area contributed by atoms with Gasteiger partial charge in [0.1, 0.15) is 5.56 Å². The Kier molecular flexibility index (Phi) is 3.61. The van der Waals surface area contributed by atoms with Crippen LogP contribution in [0.1, 0.15) is 34.5 Å². The van der Waals surface area contributed by atoms with Crippen LogP contribution in [-0.4, -0.2) is 37.4 Å². The van der Waals surface area contributed by atoms with E-state index in [1.54, 1.807) is 6.07 Å². The SMILES string of the molecule is O=C(NCC1CCS(=O)(=O)C1)c1cc2c([nH]c1=O)CCC2. The molecule has 2 heterocycles. The minimum Gasteiger partial charge on any atom is -0.352 e. The number of fused-ring (bicyclic) bond motifs is 1. The number of aromatic amines is 1. The summed E-state index contributed by atoms with van der Waals surface area (Å²) in [6.45, 7) is 0.300. The van der Waals surface area contributed by atoms with Gasteiger partial charge in [0, 0.05) is 12.2 Å². The van der Waals surface area contributed by atoms with Gasteiger partial charge in [-0.05, 0) is 43.2 Å². The Bertz CT molecular complexity index is 736. The van der Waals surface area contributed by atoms with Crippen LogP contribution in [0.5, 0.6) is 0 Å². The third-order valence-electron chi connectivity index (χ3n) is 4.21. The number of rotatable bonds is 3. The number of carbonyl (C=O) groups excluding carboxylic acids is 1. The van der Waals surface area contributed by atoms with Crippen molar-refractivity contribution in [2.24, 2.45) is 5.92 Å². The summed E-state index contributed by atoms with van der Waals surface area (Å²) in [6.07, 6.45) is 3.30. The van der Waals surface area contributed by atoms with Gasteiger partial charge in [-0.3, -0.25) is 9.59 Å². The molecule has 2 N–H and O–H groups in total. The lowest BCUT2D eigenvalue weighted by atomic mass is 10.1. The van der Waals surface area contributed by atoms with E-state index in [2.05, 4.69) is 10.3 Å². The number of carbonyl (C=O) groups is 1. The van der Waals surface area contributed by atoms with Crippen molar-refractivity contribution in [3.8, 4) is 0 Å². The molecule has 1 fully saturated rings. The predicted molar refractivity (Wildman–Crippen MR) is 78.2 cm³/mol. The zero-order chi connectivity index (χ0) is 15.0. The van der Waals surface area contributed by atoms with Gasteiger partial charge in [0.25, 0.3) is 11.5 Å². The Balaban J connectivity index is 1.68. The smallest absolute Gasteiger partial charge is 0.261 e. The van der Waals surface area contributed by atoms with Crippen molar-refractivity contribution in [1.82, 2.24) is 10.3 Å². The molecule has 3 rings (SSSR count). The summed E-state index contributed by atoms with van der Waals surface area (Å²) >= 11 is 0. The van der Waals surface area contributed by atoms with Crippen LogP contribution >= 0.6 is 0 Å². The minimum absolute atomic E-state index is 0.0486. The van der Waals surface area contributed by atoms with Gasteiger partial charge < -0.3 is 10.3 Å². The first-order chi connectivity index (χ1) is 9.94. The number of hydrogen-bond acceptors (Lipinski definition) is 4. The second-order valence-corrected chi connectivity index (χ2v) is 8.08. The molecule has 1 saturated heterocycles. The van der Waals surface area contributed by atoms with E-state index in [1.165, 1.54) is 0 Å². The van der Waals surface area contributed by atoms with Crippen molar-refractivity contribution in [3.05, 3.63) is 33.2 Å². The van der Waals surface area contributed by atoms with Crippen molar-refractivity contribution in [2.75, 3.05) is 18.1 Å². The van der Waals surface area contributed by atoms with E-state index in [4.69, 9.17) is 0 Å². The average Bonchev–Trinajstić information content (AvgIpc) is 3.00. The Labute approximate surface area is 122 Å². The standard InChI is InChI=1S/C14H18N2O4S/c17-13(15-7-9-4-5-21(19,20)8-9)11-6-10-2-1-3-12(10)16-14(11)18/h6,9H,1-5,7-8H2,(H,15,17)(H,16,18). The van der Waals surface area contributed by atoms with Gasteiger partial charge in [-0.2, -0.15) is 0 Å². The topological polar surface area (TPSA) is 96.1 Å². The molecule has 1 unspecified atom stereocenters. The molecule has 1 aromatic rings. The lowest BCUT2D eigenvalue weighted by molar-refractivity contribution is 0.0947. The van der Waals surface area contributed by atoms with Gasteiger partial charge in [0.2, 0.25) is 0 Å². The largest absolute Gasteiger partial charge is 0.352 e. The second-order valence-electron chi connectivity index (χ2n) is 5.85. The lowest BCUT2D eigenvalue weighted by Gasteiger charge is -2.10. The summed E-state index contributed by atoms with van der Waals surface area (Å²) in [4.78, 5) is 26.8. The highest BCUT2D eigenvalue weighted by Gasteiger charge is 2.28. The first-order valence-electron chi connectivity index (χ1n) is 7.18. The van der Waals surface area contributed by atoms with Crippen molar-refractivity contribution in [3.63, 3.8) is 0 Å². The van der Waals surface area contributed by atoms with Gasteiger partial charge in [-0.25, -0.2) is 8.42 Å². The van der Waals surface area contributed by atoms with E-state index in [1.807, 2.05) is 0 Å². The third-order valence-corrected chi connectivity index (χ3v) is 6.05. The molecule has 114 valence electrons. The molecule has 0 saturated carbocycles. The molecule has 1 aliphatic heterocycles. The number of sulfone groups is 1. The molecule has 7 heteroatoms. The number of hydrogen-bond donors (Lipinski definition) is 2. The summed E-state index contributed by atoms with van der Waals surface area (Å²) < 4.78 is 22.7. The summed E-state index contributed by atoms with van der Waals surface area (Å²) in [7, 11) is -2.94. The highest BCUT2D eigenvalue weighted by molar-refractivity contribution is 7.91. The van der Waals surface area contributed by atoms with Crippen LogP contribution in [-0.2, 0) is 22.7 Å². The fourth-order valence-electron chi connectivity index (χ4n) is 3.05. The predicted octanol–water partition coefficient (Wildman–Crippen LogP) is 0.0281. The Morgan fingerprint density at radius 3 is 2.90 bits per heavy atom. The van der Waals surface area contributed by atoms with Gasteiger partial charge in [0.05, 0.1) is 11.5 Å². The normalized spacial score (nSPS) is 23.0. The quantitative estimate of drug-likeness (QED) is 0.823. The zero-order valence-electron chi connectivity index (χ0n) is 11.6. The first-order valence-corrected chi connectivity index (χ1v) is 9.00. The zero-order valence-corrected chi connectivity index (χ0v) is 12.5. The molecule has 1 amide bonds. The molecule has 1 aliphatic carbocycles. The van der Waals surface area contributed by atoms with E-state index in [9.17, 15) is 18.0 Å². The summed E-state index contributed by atoms with van der Waals surface area (Å²) in [5.74, 6) is -0.163. The van der Waals surface area contributed by atoms with Crippen molar-refractivity contribution in [1.29, 1.82) is 0 Å². The van der Waals surface area contributed by atoms with Crippen LogP contribution in [0.25, 0.3) is 0 Å². The molecule has 0 bridgehead atoms. The maximum Gasteiger partial charge on any atom is 0.261 e. The number of aromatic nitrogens is 1. The first kappa shape index (κ1) is 14.3. The number of pyridine rings is 1. The van der Waals surface area contributed by atoms with E-state index in [0.717, 1.165) is 30.5 Å². The van der Waals surface area contributed by atoms with E-state index in [0.29, 0.717) is 13.0 Å². The van der Waals surface area contributed by atoms with Gasteiger partial charge >= 0.3 is 0 Å². The Hall–Kier alpha value is -1.63. The number of amides is 1. The molecule has 1 aromatic heterocycles. The Morgan fingerprint density at radius 2 is 2.19 bits per heavy atom. The highest BCUT2D eigenvalue weighted by Crippen LogP contribution is 2.19. The van der Waals surface area contributed by atoms with Crippen LogP contribution in [0.4, 0.5) is 0 Å². The molecule has 21 heavy (non-hydrogen) atoms. The third kappa shape index (κ3) is 3.02. The van der Waals surface area contributed by atoms with Crippen LogP contribution < -0.4 is 10.9 Å². The van der Waals surface area contributed by atoms with E-state index >= 15 is 0 Å². The van der Waals surface area contributed by atoms with Crippen molar-refractivity contribution in [2.45, 2.75) is 25.7 Å². The summed E-state index contributed by atoms with van der Waals surface area (Å²) in [5, 5.41) is 2.69. The lowest BCUT2D eigenvalue weighted by Crippen LogP contribution is -2.34. The number of nitrogens with one attached hydrogen (secondary N) is 2. The van der Waals surface area contributed by atoms with Crippen LogP contribution in [0, 0.1) is 5.92 Å². The number of aryl methyl sites for hydroxylation is 2.